The van der Waals surface area contributed by atoms with Crippen molar-refractivity contribution in [2.75, 3.05) is 13.1 Å². The molecule has 0 saturated heterocycles. The first-order chi connectivity index (χ1) is 5.24. The van der Waals surface area contributed by atoms with Gasteiger partial charge in [0.1, 0.15) is 6.54 Å². The van der Waals surface area contributed by atoms with Crippen molar-refractivity contribution in [2.24, 2.45) is 11.7 Å². The van der Waals surface area contributed by atoms with Gasteiger partial charge in [-0.2, -0.15) is 5.26 Å². The molecule has 1 saturated carbocycles. The van der Waals surface area contributed by atoms with Gasteiger partial charge in [-0.05, 0) is 18.8 Å². The molecule has 11 heavy (non-hydrogen) atoms. The minimum absolute atomic E-state index is 0.117. The molecule has 0 aliphatic heterocycles. The zero-order valence-electron chi connectivity index (χ0n) is 6.29. The molecule has 4 heteroatoms. The quantitative estimate of drug-likeness (QED) is 0.592. The molecule has 60 valence electrons. The number of hydrogen-bond donors (Lipinski definition) is 1. The van der Waals surface area contributed by atoms with Gasteiger partial charge in [-0.1, -0.05) is 0 Å². The van der Waals surface area contributed by atoms with E-state index in [-0.39, 0.29) is 6.54 Å². The Balaban J connectivity index is 2.32. The van der Waals surface area contributed by atoms with E-state index >= 15 is 0 Å². The summed E-state index contributed by atoms with van der Waals surface area (Å²) in [4.78, 5) is 12.0. The predicted octanol–water partition coefficient (Wildman–Crippen LogP) is 0.301. The number of carbonyl (C=O) groups is 1. The van der Waals surface area contributed by atoms with Gasteiger partial charge in [-0.15, -0.1) is 0 Å². The summed E-state index contributed by atoms with van der Waals surface area (Å²) in [7, 11) is 0. The summed E-state index contributed by atoms with van der Waals surface area (Å²) in [5.74, 6) is 0.593. The molecule has 0 heterocycles. The summed E-state index contributed by atoms with van der Waals surface area (Å²) >= 11 is 0. The number of hydrogen-bond acceptors (Lipinski definition) is 2. The molecule has 0 aromatic carbocycles. The molecule has 1 fully saturated rings. The number of nitriles is 1. The molecule has 1 aliphatic rings. The normalized spacial score (nSPS) is 15.5. The van der Waals surface area contributed by atoms with Crippen molar-refractivity contribution in [3.8, 4) is 6.07 Å². The lowest BCUT2D eigenvalue weighted by Gasteiger charge is -2.15. The van der Waals surface area contributed by atoms with Gasteiger partial charge in [0.25, 0.3) is 0 Å². The summed E-state index contributed by atoms with van der Waals surface area (Å²) in [6.07, 6.45) is 2.32. The molecular formula is C7H11N3O. The number of primary amides is 1. The lowest BCUT2D eigenvalue weighted by Crippen LogP contribution is -2.37. The van der Waals surface area contributed by atoms with E-state index < -0.39 is 6.03 Å². The van der Waals surface area contributed by atoms with Gasteiger partial charge in [-0.25, -0.2) is 4.79 Å². The fourth-order valence-corrected chi connectivity index (χ4v) is 0.930. The highest BCUT2D eigenvalue weighted by Gasteiger charge is 2.25. The van der Waals surface area contributed by atoms with Gasteiger partial charge in [0, 0.05) is 6.54 Å². The van der Waals surface area contributed by atoms with E-state index in [0.717, 1.165) is 12.8 Å². The van der Waals surface area contributed by atoms with Crippen molar-refractivity contribution in [3.63, 3.8) is 0 Å². The maximum Gasteiger partial charge on any atom is 0.315 e. The standard InChI is InChI=1S/C7H11N3O/c8-3-4-10(7(9)11)5-6-1-2-6/h6H,1-2,4-5H2,(H2,9,11). The van der Waals surface area contributed by atoms with E-state index in [2.05, 4.69) is 0 Å². The largest absolute Gasteiger partial charge is 0.351 e. The molecule has 0 bridgehead atoms. The van der Waals surface area contributed by atoms with Crippen LogP contribution in [-0.2, 0) is 0 Å². The molecule has 4 nitrogen and oxygen atoms in total. The first-order valence-corrected chi connectivity index (χ1v) is 3.65. The van der Waals surface area contributed by atoms with E-state index in [1.165, 1.54) is 4.90 Å². The van der Waals surface area contributed by atoms with Crippen LogP contribution >= 0.6 is 0 Å². The van der Waals surface area contributed by atoms with Gasteiger partial charge in [-0.3, -0.25) is 0 Å². The molecule has 0 spiro atoms. The van der Waals surface area contributed by atoms with Gasteiger partial charge in [0.15, 0.2) is 0 Å². The Morgan fingerprint density at radius 1 is 1.73 bits per heavy atom. The van der Waals surface area contributed by atoms with Crippen molar-refractivity contribution < 1.29 is 4.79 Å². The van der Waals surface area contributed by atoms with E-state index in [1.807, 2.05) is 6.07 Å². The first-order valence-electron chi connectivity index (χ1n) is 3.65. The van der Waals surface area contributed by atoms with Crippen LogP contribution < -0.4 is 5.73 Å². The van der Waals surface area contributed by atoms with E-state index in [0.29, 0.717) is 12.5 Å². The first kappa shape index (κ1) is 7.86. The molecule has 1 aliphatic carbocycles. The van der Waals surface area contributed by atoms with Gasteiger partial charge in [0.2, 0.25) is 0 Å². The van der Waals surface area contributed by atoms with Crippen LogP contribution in [0.5, 0.6) is 0 Å². The summed E-state index contributed by atoms with van der Waals surface area (Å²) in [6.45, 7) is 0.773. The Bertz CT molecular complexity index is 192. The van der Waals surface area contributed by atoms with Gasteiger partial charge >= 0.3 is 6.03 Å². The molecule has 0 unspecified atom stereocenters. The van der Waals surface area contributed by atoms with Crippen LogP contribution in [0.4, 0.5) is 4.79 Å². The Hall–Kier alpha value is -1.24. The lowest BCUT2D eigenvalue weighted by molar-refractivity contribution is 0.211. The molecule has 2 amide bonds. The Labute approximate surface area is 65.6 Å². The number of rotatable bonds is 3. The second-order valence-electron chi connectivity index (χ2n) is 2.82. The van der Waals surface area contributed by atoms with Gasteiger partial charge < -0.3 is 10.6 Å². The third kappa shape index (κ3) is 2.46. The molecule has 0 atom stereocenters. The molecule has 0 aromatic heterocycles. The molecule has 1 rings (SSSR count). The second kappa shape index (κ2) is 3.24. The van der Waals surface area contributed by atoms with E-state index in [1.54, 1.807) is 0 Å². The number of urea groups is 1. The molecular weight excluding hydrogens is 142 g/mol. The number of amides is 2. The molecule has 2 N–H and O–H groups in total. The average Bonchev–Trinajstić information content (AvgIpc) is 2.70. The highest BCUT2D eigenvalue weighted by Crippen LogP contribution is 2.29. The van der Waals surface area contributed by atoms with E-state index in [4.69, 9.17) is 11.0 Å². The van der Waals surface area contributed by atoms with Crippen molar-refractivity contribution in [3.05, 3.63) is 0 Å². The van der Waals surface area contributed by atoms with Crippen LogP contribution in [0.3, 0.4) is 0 Å². The summed E-state index contributed by atoms with van der Waals surface area (Å²) in [6, 6.07) is 1.42. The van der Waals surface area contributed by atoms with Crippen LogP contribution in [0.25, 0.3) is 0 Å². The maximum atomic E-state index is 10.6. The van der Waals surface area contributed by atoms with Crippen LogP contribution in [-0.4, -0.2) is 24.0 Å². The smallest absolute Gasteiger partial charge is 0.315 e. The fourth-order valence-electron chi connectivity index (χ4n) is 0.930. The predicted molar refractivity (Wildman–Crippen MR) is 39.5 cm³/mol. The lowest BCUT2D eigenvalue weighted by atomic mass is 10.4. The average molecular weight is 153 g/mol. The Morgan fingerprint density at radius 3 is 2.73 bits per heavy atom. The summed E-state index contributed by atoms with van der Waals surface area (Å²) < 4.78 is 0. The van der Waals surface area contributed by atoms with Crippen molar-refractivity contribution in [2.45, 2.75) is 12.8 Å². The minimum atomic E-state index is -0.488. The van der Waals surface area contributed by atoms with Crippen LogP contribution in [0.15, 0.2) is 0 Å². The number of carbonyl (C=O) groups excluding carboxylic acids is 1. The van der Waals surface area contributed by atoms with Crippen LogP contribution in [0.1, 0.15) is 12.8 Å². The Kier molecular flexibility index (Phi) is 2.32. The van der Waals surface area contributed by atoms with Crippen molar-refractivity contribution >= 4 is 6.03 Å². The third-order valence-corrected chi connectivity index (χ3v) is 1.75. The number of nitrogens with zero attached hydrogens (tertiary/aromatic N) is 2. The highest BCUT2D eigenvalue weighted by atomic mass is 16.2. The zero-order chi connectivity index (χ0) is 8.27. The van der Waals surface area contributed by atoms with Crippen LogP contribution in [0, 0.1) is 17.2 Å². The molecule has 0 aromatic rings. The second-order valence-corrected chi connectivity index (χ2v) is 2.82. The topological polar surface area (TPSA) is 70.1 Å². The number of nitrogens with two attached hydrogens (primary N) is 1. The maximum absolute atomic E-state index is 10.6. The Morgan fingerprint density at radius 2 is 2.36 bits per heavy atom. The van der Waals surface area contributed by atoms with Gasteiger partial charge in [0.05, 0.1) is 6.07 Å². The van der Waals surface area contributed by atoms with Crippen molar-refractivity contribution in [1.29, 1.82) is 5.26 Å². The highest BCUT2D eigenvalue weighted by molar-refractivity contribution is 5.72. The van der Waals surface area contributed by atoms with E-state index in [9.17, 15) is 4.79 Å². The monoisotopic (exact) mass is 153 g/mol. The summed E-state index contributed by atoms with van der Waals surface area (Å²) in [5.41, 5.74) is 5.03. The SMILES string of the molecule is N#CCN(CC1CC1)C(N)=O. The fraction of sp³-hybridized carbons (Fsp3) is 0.714. The third-order valence-electron chi connectivity index (χ3n) is 1.75. The molecule has 0 radical (unpaired) electrons. The minimum Gasteiger partial charge on any atom is -0.351 e. The van der Waals surface area contributed by atoms with Crippen LogP contribution in [0.2, 0.25) is 0 Å². The summed E-state index contributed by atoms with van der Waals surface area (Å²) in [5, 5.41) is 8.32. The zero-order valence-corrected chi connectivity index (χ0v) is 6.29. The van der Waals surface area contributed by atoms with Crippen molar-refractivity contribution in [1.82, 2.24) is 4.90 Å².